The molecule has 0 aromatic carbocycles. The smallest absolute Gasteiger partial charge is 0.365 e. The molecule has 0 aliphatic heterocycles. The number of nitrogens with zero attached hydrogens (tertiary/aromatic N) is 2. The Balaban J connectivity index is 3.21. The maximum atomic E-state index is 12.7. The Morgan fingerprint density at radius 3 is 1.81 bits per heavy atom. The summed E-state index contributed by atoms with van der Waals surface area (Å²) in [6, 6.07) is 0. The van der Waals surface area contributed by atoms with Crippen LogP contribution < -0.4 is 5.73 Å². The van der Waals surface area contributed by atoms with Crippen molar-refractivity contribution in [1.29, 1.82) is 0 Å². The summed E-state index contributed by atoms with van der Waals surface area (Å²) in [5.41, 5.74) is 4.65. The van der Waals surface area contributed by atoms with Gasteiger partial charge in [0, 0.05) is 0 Å². The van der Waals surface area contributed by atoms with Crippen molar-refractivity contribution >= 4 is 5.95 Å². The lowest BCUT2D eigenvalue weighted by Gasteiger charge is -2.25. The topological polar surface area (TPSA) is 64.9 Å². The Morgan fingerprint density at radius 2 is 1.50 bits per heavy atom. The van der Waals surface area contributed by atoms with Crippen LogP contribution in [-0.2, 0) is 5.92 Å². The fraction of sp³-hybridized carbons (Fsp3) is 0.600. The molecule has 2 N–H and O–H groups in total. The third-order valence-electron chi connectivity index (χ3n) is 1.46. The van der Waals surface area contributed by atoms with Crippen molar-refractivity contribution in [3.8, 4) is 0 Å². The van der Waals surface area contributed by atoms with Gasteiger partial charge in [0.2, 0.25) is 0 Å². The average Bonchev–Trinajstić information content (AvgIpc) is 2.49. The standard InChI is InChI=1S/C5H2F7N3O/c6-3(7,1-14-2(13)15-16-1)4(8,9)5(10,11)12/h(H2,13,15). The van der Waals surface area contributed by atoms with Gasteiger partial charge in [-0.3, -0.25) is 0 Å². The van der Waals surface area contributed by atoms with Crippen molar-refractivity contribution < 1.29 is 35.3 Å². The van der Waals surface area contributed by atoms with E-state index in [2.05, 4.69) is 20.4 Å². The molecule has 0 aliphatic rings. The molecule has 1 heterocycles. The molecule has 0 spiro atoms. The molecule has 0 atom stereocenters. The molecule has 1 aromatic rings. The predicted octanol–water partition coefficient (Wildman–Crippen LogP) is 1.94. The van der Waals surface area contributed by atoms with Crippen LogP contribution in [0.25, 0.3) is 0 Å². The van der Waals surface area contributed by atoms with E-state index >= 15 is 0 Å². The number of aromatic nitrogens is 2. The maximum Gasteiger partial charge on any atom is 0.460 e. The zero-order valence-corrected chi connectivity index (χ0v) is 7.03. The van der Waals surface area contributed by atoms with Gasteiger partial charge in [-0.15, -0.1) is 0 Å². The number of nitrogen functional groups attached to an aromatic ring is 1. The minimum Gasteiger partial charge on any atom is -0.365 e. The molecule has 92 valence electrons. The fourth-order valence-corrected chi connectivity index (χ4v) is 0.675. The fourth-order valence-electron chi connectivity index (χ4n) is 0.675. The molecule has 0 fully saturated rings. The van der Waals surface area contributed by atoms with Crippen molar-refractivity contribution in [3.63, 3.8) is 0 Å². The molecular formula is C5H2F7N3O. The van der Waals surface area contributed by atoms with E-state index < -0.39 is 29.9 Å². The number of hydrogen-bond donors (Lipinski definition) is 1. The van der Waals surface area contributed by atoms with Crippen LogP contribution in [0.4, 0.5) is 36.7 Å². The van der Waals surface area contributed by atoms with Gasteiger partial charge in [0.15, 0.2) is 0 Å². The molecule has 11 heteroatoms. The first-order chi connectivity index (χ1) is 7.00. The van der Waals surface area contributed by atoms with Crippen LogP contribution in [0.1, 0.15) is 5.89 Å². The SMILES string of the molecule is Nc1noc(C(F)(F)C(F)(F)C(F)(F)F)n1. The summed E-state index contributed by atoms with van der Waals surface area (Å²) in [6.45, 7) is 0. The van der Waals surface area contributed by atoms with E-state index in [9.17, 15) is 30.7 Å². The minimum atomic E-state index is -6.46. The monoisotopic (exact) mass is 253 g/mol. The highest BCUT2D eigenvalue weighted by atomic mass is 19.4. The van der Waals surface area contributed by atoms with Gasteiger partial charge in [-0.25, -0.2) is 0 Å². The Bertz CT molecular complexity index is 384. The molecule has 1 aromatic heterocycles. The highest BCUT2D eigenvalue weighted by Crippen LogP contribution is 2.51. The molecule has 0 aliphatic carbocycles. The van der Waals surface area contributed by atoms with E-state index in [0.717, 1.165) is 0 Å². The number of halogens is 7. The Labute approximate surface area is 82.2 Å². The van der Waals surface area contributed by atoms with Crippen LogP contribution in [0, 0.1) is 0 Å². The van der Waals surface area contributed by atoms with Gasteiger partial charge >= 0.3 is 23.9 Å². The number of nitrogens with two attached hydrogens (primary N) is 1. The van der Waals surface area contributed by atoms with Crippen LogP contribution in [0.5, 0.6) is 0 Å². The van der Waals surface area contributed by atoms with E-state index in [1.807, 2.05) is 0 Å². The molecule has 4 nitrogen and oxygen atoms in total. The lowest BCUT2D eigenvalue weighted by atomic mass is 10.1. The van der Waals surface area contributed by atoms with Gasteiger partial charge in [0.1, 0.15) is 0 Å². The summed E-state index contributed by atoms with van der Waals surface area (Å²) in [7, 11) is 0. The first-order valence-electron chi connectivity index (χ1n) is 3.42. The van der Waals surface area contributed by atoms with Crippen LogP contribution >= 0.6 is 0 Å². The highest BCUT2D eigenvalue weighted by molar-refractivity contribution is 5.14. The Morgan fingerprint density at radius 1 is 1.00 bits per heavy atom. The van der Waals surface area contributed by atoms with Crippen molar-refractivity contribution in [1.82, 2.24) is 10.1 Å². The zero-order valence-electron chi connectivity index (χ0n) is 7.03. The van der Waals surface area contributed by atoms with Gasteiger partial charge in [-0.1, -0.05) is 0 Å². The molecule has 0 bridgehead atoms. The summed E-state index contributed by atoms with van der Waals surface area (Å²) in [5, 5.41) is 2.49. The first kappa shape index (κ1) is 12.5. The summed E-state index contributed by atoms with van der Waals surface area (Å²) < 4.78 is 88.7. The summed E-state index contributed by atoms with van der Waals surface area (Å²) >= 11 is 0. The minimum absolute atomic E-state index is 0.979. The maximum absolute atomic E-state index is 12.7. The van der Waals surface area contributed by atoms with E-state index in [0.29, 0.717) is 0 Å². The molecule has 0 unspecified atom stereocenters. The second kappa shape index (κ2) is 3.22. The summed E-state index contributed by atoms with van der Waals surface area (Å²) in [6.07, 6.45) is -6.46. The summed E-state index contributed by atoms with van der Waals surface area (Å²) in [5.74, 6) is -15.2. The van der Waals surface area contributed by atoms with Gasteiger partial charge in [-0.05, 0) is 5.16 Å². The van der Waals surface area contributed by atoms with Crippen LogP contribution in [0.3, 0.4) is 0 Å². The molecule has 0 radical (unpaired) electrons. The molecule has 0 saturated carbocycles. The van der Waals surface area contributed by atoms with Crippen LogP contribution in [0.2, 0.25) is 0 Å². The van der Waals surface area contributed by atoms with E-state index in [1.165, 1.54) is 0 Å². The second-order valence-electron chi connectivity index (χ2n) is 2.60. The zero-order chi connectivity index (χ0) is 12.8. The van der Waals surface area contributed by atoms with Crippen LogP contribution in [0.15, 0.2) is 4.52 Å². The first-order valence-corrected chi connectivity index (χ1v) is 3.42. The normalized spacial score (nSPS) is 14.2. The predicted molar refractivity (Wildman–Crippen MR) is 33.6 cm³/mol. The van der Waals surface area contributed by atoms with Gasteiger partial charge in [0.05, 0.1) is 0 Å². The van der Waals surface area contributed by atoms with E-state index in [4.69, 9.17) is 0 Å². The molecule has 16 heavy (non-hydrogen) atoms. The van der Waals surface area contributed by atoms with Gasteiger partial charge < -0.3 is 10.3 Å². The van der Waals surface area contributed by atoms with Crippen molar-refractivity contribution in [3.05, 3.63) is 5.89 Å². The van der Waals surface area contributed by atoms with Gasteiger partial charge in [0.25, 0.3) is 5.95 Å². The molecular weight excluding hydrogens is 251 g/mol. The third-order valence-corrected chi connectivity index (χ3v) is 1.46. The van der Waals surface area contributed by atoms with Gasteiger partial charge in [-0.2, -0.15) is 35.7 Å². The third kappa shape index (κ3) is 1.65. The second-order valence-corrected chi connectivity index (χ2v) is 2.60. The van der Waals surface area contributed by atoms with E-state index in [1.54, 1.807) is 0 Å². The molecule has 0 saturated heterocycles. The van der Waals surface area contributed by atoms with Crippen LogP contribution in [-0.4, -0.2) is 22.2 Å². The lowest BCUT2D eigenvalue weighted by molar-refractivity contribution is -0.364. The quantitative estimate of drug-likeness (QED) is 0.818. The number of hydrogen-bond acceptors (Lipinski definition) is 4. The largest absolute Gasteiger partial charge is 0.460 e. The number of anilines is 1. The number of alkyl halides is 7. The summed E-state index contributed by atoms with van der Waals surface area (Å²) in [4.78, 5) is 2.43. The highest BCUT2D eigenvalue weighted by Gasteiger charge is 2.76. The number of rotatable bonds is 2. The van der Waals surface area contributed by atoms with Crippen molar-refractivity contribution in [2.75, 3.05) is 5.73 Å². The lowest BCUT2D eigenvalue weighted by Crippen LogP contribution is -2.50. The Hall–Kier alpha value is -1.55. The Kier molecular flexibility index (Phi) is 2.52. The molecule has 0 amide bonds. The van der Waals surface area contributed by atoms with Crippen molar-refractivity contribution in [2.45, 2.75) is 18.0 Å². The average molecular weight is 253 g/mol. The van der Waals surface area contributed by atoms with Crippen molar-refractivity contribution in [2.24, 2.45) is 0 Å². The van der Waals surface area contributed by atoms with E-state index in [-0.39, 0.29) is 0 Å². The molecule has 1 rings (SSSR count).